The number of amides is 1. The highest BCUT2D eigenvalue weighted by Gasteiger charge is 2.18. The molecule has 3 rings (SSSR count). The number of hydrogen-bond acceptors (Lipinski definition) is 3. The third-order valence-corrected chi connectivity index (χ3v) is 4.46. The van der Waals surface area contributed by atoms with Crippen molar-refractivity contribution in [2.24, 2.45) is 0 Å². The van der Waals surface area contributed by atoms with Gasteiger partial charge in [0.05, 0.1) is 17.1 Å². The van der Waals surface area contributed by atoms with Crippen LogP contribution in [0.1, 0.15) is 27.7 Å². The third-order valence-electron chi connectivity index (χ3n) is 4.46. The highest BCUT2D eigenvalue weighted by Crippen LogP contribution is 2.21. The van der Waals surface area contributed by atoms with E-state index in [0.717, 1.165) is 5.56 Å². The van der Waals surface area contributed by atoms with Gasteiger partial charge in [-0.05, 0) is 56.9 Å². The molecule has 1 heterocycles. The molecule has 1 atom stereocenters. The lowest BCUT2D eigenvalue weighted by atomic mass is 10.0. The number of fused-ring (bicyclic) bond motifs is 1. The molecule has 1 N–H and O–H groups in total. The number of pyridine rings is 1. The van der Waals surface area contributed by atoms with Crippen LogP contribution in [0.2, 0.25) is 0 Å². The summed E-state index contributed by atoms with van der Waals surface area (Å²) in [5.41, 5.74) is 2.29. The second-order valence-corrected chi connectivity index (χ2v) is 6.72. The minimum atomic E-state index is -0.397. The molecule has 0 aliphatic heterocycles. The fourth-order valence-electron chi connectivity index (χ4n) is 3.12. The Morgan fingerprint density at radius 1 is 1.11 bits per heavy atom. The van der Waals surface area contributed by atoms with E-state index in [4.69, 9.17) is 0 Å². The van der Waals surface area contributed by atoms with Gasteiger partial charge in [-0.2, -0.15) is 0 Å². The second-order valence-electron chi connectivity index (χ2n) is 6.72. The monoisotopic (exact) mass is 369 g/mol. The number of benzene rings is 2. The molecular formula is C21H21F2N3O. The van der Waals surface area contributed by atoms with Crippen LogP contribution in [0.3, 0.4) is 0 Å². The van der Waals surface area contributed by atoms with Crippen molar-refractivity contribution in [2.75, 3.05) is 20.6 Å². The van der Waals surface area contributed by atoms with E-state index >= 15 is 0 Å². The summed E-state index contributed by atoms with van der Waals surface area (Å²) in [6, 6.07) is 12.0. The van der Waals surface area contributed by atoms with Crippen LogP contribution < -0.4 is 5.32 Å². The van der Waals surface area contributed by atoms with Crippen molar-refractivity contribution in [1.29, 1.82) is 0 Å². The Kier molecular flexibility index (Phi) is 5.46. The fourth-order valence-corrected chi connectivity index (χ4v) is 3.12. The molecular weight excluding hydrogens is 348 g/mol. The van der Waals surface area contributed by atoms with E-state index in [2.05, 4.69) is 10.3 Å². The van der Waals surface area contributed by atoms with E-state index in [0.29, 0.717) is 28.7 Å². The number of hydrogen-bond donors (Lipinski definition) is 1. The SMILES string of the molecule is Cc1cc(C(=O)NCC(c2cccc(F)c2)N(C)C)c2ccc(F)cc2n1. The van der Waals surface area contributed by atoms with Crippen LogP contribution in [0.4, 0.5) is 8.78 Å². The number of halogens is 2. The number of nitrogens with zero attached hydrogens (tertiary/aromatic N) is 2. The predicted molar refractivity (Wildman–Crippen MR) is 102 cm³/mol. The summed E-state index contributed by atoms with van der Waals surface area (Å²) in [4.78, 5) is 19.0. The zero-order chi connectivity index (χ0) is 19.6. The van der Waals surface area contributed by atoms with E-state index in [-0.39, 0.29) is 17.8 Å². The molecule has 0 saturated carbocycles. The summed E-state index contributed by atoms with van der Waals surface area (Å²) in [6.07, 6.45) is 0. The Morgan fingerprint density at radius 2 is 1.85 bits per heavy atom. The Bertz CT molecular complexity index is 983. The van der Waals surface area contributed by atoms with Crippen molar-refractivity contribution in [3.63, 3.8) is 0 Å². The van der Waals surface area contributed by atoms with Crippen molar-refractivity contribution >= 4 is 16.8 Å². The molecule has 0 spiro atoms. The lowest BCUT2D eigenvalue weighted by Gasteiger charge is -2.25. The molecule has 1 amide bonds. The van der Waals surface area contributed by atoms with Gasteiger partial charge in [-0.3, -0.25) is 9.78 Å². The first-order valence-corrected chi connectivity index (χ1v) is 8.62. The van der Waals surface area contributed by atoms with Crippen LogP contribution in [0.25, 0.3) is 10.9 Å². The van der Waals surface area contributed by atoms with Crippen molar-refractivity contribution in [3.05, 3.63) is 77.0 Å². The first-order chi connectivity index (χ1) is 12.8. The van der Waals surface area contributed by atoms with Gasteiger partial charge in [0.1, 0.15) is 11.6 Å². The average Bonchev–Trinajstić information content (AvgIpc) is 2.60. The van der Waals surface area contributed by atoms with Gasteiger partial charge in [0.25, 0.3) is 5.91 Å². The van der Waals surface area contributed by atoms with Gasteiger partial charge in [0, 0.05) is 23.7 Å². The number of rotatable bonds is 5. The Hall–Kier alpha value is -2.86. The standard InChI is InChI=1S/C21H21F2N3O/c1-13-9-18(17-8-7-16(23)11-19(17)25-13)21(27)24-12-20(26(2)3)14-5-4-6-15(22)10-14/h4-11,20H,12H2,1-3H3,(H,24,27). The van der Waals surface area contributed by atoms with Gasteiger partial charge in [-0.25, -0.2) is 8.78 Å². The lowest BCUT2D eigenvalue weighted by molar-refractivity contribution is 0.0943. The number of aromatic nitrogens is 1. The molecule has 0 aliphatic carbocycles. The summed E-state index contributed by atoms with van der Waals surface area (Å²) < 4.78 is 27.1. The van der Waals surface area contributed by atoms with Gasteiger partial charge in [-0.1, -0.05) is 12.1 Å². The highest BCUT2D eigenvalue weighted by atomic mass is 19.1. The van der Waals surface area contributed by atoms with Crippen molar-refractivity contribution in [1.82, 2.24) is 15.2 Å². The quantitative estimate of drug-likeness (QED) is 0.743. The molecule has 0 radical (unpaired) electrons. The summed E-state index contributed by atoms with van der Waals surface area (Å²) in [5.74, 6) is -0.991. The average molecular weight is 369 g/mol. The van der Waals surface area contributed by atoms with Crippen molar-refractivity contribution < 1.29 is 13.6 Å². The number of likely N-dealkylation sites (N-methyl/N-ethyl adjacent to an activating group) is 1. The first-order valence-electron chi connectivity index (χ1n) is 8.62. The second kappa shape index (κ2) is 7.80. The zero-order valence-corrected chi connectivity index (χ0v) is 15.5. The van der Waals surface area contributed by atoms with E-state index in [1.165, 1.54) is 24.3 Å². The molecule has 1 aromatic heterocycles. The summed E-state index contributed by atoms with van der Waals surface area (Å²) in [7, 11) is 3.74. The first kappa shape index (κ1) is 18.9. The minimum Gasteiger partial charge on any atom is -0.350 e. The largest absolute Gasteiger partial charge is 0.350 e. The van der Waals surface area contributed by atoms with E-state index in [1.54, 1.807) is 25.1 Å². The molecule has 2 aromatic carbocycles. The number of carbonyl (C=O) groups is 1. The fraction of sp³-hybridized carbons (Fsp3) is 0.238. The van der Waals surface area contributed by atoms with Crippen LogP contribution in [0.15, 0.2) is 48.5 Å². The maximum atomic E-state index is 13.6. The molecule has 27 heavy (non-hydrogen) atoms. The maximum Gasteiger partial charge on any atom is 0.252 e. The summed E-state index contributed by atoms with van der Waals surface area (Å²) >= 11 is 0. The molecule has 0 bridgehead atoms. The Balaban J connectivity index is 1.85. The van der Waals surface area contributed by atoms with E-state index in [1.807, 2.05) is 25.1 Å². The molecule has 3 aromatic rings. The molecule has 0 saturated heterocycles. The summed E-state index contributed by atoms with van der Waals surface area (Å²) in [6.45, 7) is 2.07. The smallest absolute Gasteiger partial charge is 0.252 e. The molecule has 140 valence electrons. The van der Waals surface area contributed by atoms with Crippen LogP contribution in [0.5, 0.6) is 0 Å². The van der Waals surface area contributed by atoms with Crippen LogP contribution >= 0.6 is 0 Å². The molecule has 6 heteroatoms. The topological polar surface area (TPSA) is 45.2 Å². The van der Waals surface area contributed by atoms with Gasteiger partial charge < -0.3 is 10.2 Å². The van der Waals surface area contributed by atoms with E-state index in [9.17, 15) is 13.6 Å². The summed E-state index contributed by atoms with van der Waals surface area (Å²) in [5, 5.41) is 3.50. The highest BCUT2D eigenvalue weighted by molar-refractivity contribution is 6.06. The van der Waals surface area contributed by atoms with Crippen LogP contribution in [-0.4, -0.2) is 36.4 Å². The van der Waals surface area contributed by atoms with E-state index < -0.39 is 5.82 Å². The van der Waals surface area contributed by atoms with Gasteiger partial charge in [-0.15, -0.1) is 0 Å². The van der Waals surface area contributed by atoms with Crippen LogP contribution in [-0.2, 0) is 0 Å². The third kappa shape index (κ3) is 4.28. The molecule has 0 fully saturated rings. The van der Waals surface area contributed by atoms with Gasteiger partial charge >= 0.3 is 0 Å². The molecule has 0 aliphatic rings. The molecule has 1 unspecified atom stereocenters. The minimum absolute atomic E-state index is 0.184. The Morgan fingerprint density at radius 3 is 2.56 bits per heavy atom. The number of nitrogens with one attached hydrogen (secondary N) is 1. The van der Waals surface area contributed by atoms with Gasteiger partial charge in [0.15, 0.2) is 0 Å². The number of carbonyl (C=O) groups excluding carboxylic acids is 1. The van der Waals surface area contributed by atoms with Gasteiger partial charge in [0.2, 0.25) is 0 Å². The molecule has 4 nitrogen and oxygen atoms in total. The predicted octanol–water partition coefficient (Wildman–Crippen LogP) is 3.85. The van der Waals surface area contributed by atoms with Crippen molar-refractivity contribution in [2.45, 2.75) is 13.0 Å². The maximum absolute atomic E-state index is 13.6. The lowest BCUT2D eigenvalue weighted by Crippen LogP contribution is -2.34. The Labute approximate surface area is 156 Å². The number of aryl methyl sites for hydroxylation is 1. The normalized spacial score (nSPS) is 12.4. The van der Waals surface area contributed by atoms with Crippen LogP contribution in [0, 0.1) is 18.6 Å². The van der Waals surface area contributed by atoms with Crippen molar-refractivity contribution in [3.8, 4) is 0 Å². The zero-order valence-electron chi connectivity index (χ0n) is 15.5.